The van der Waals surface area contributed by atoms with Crippen LogP contribution in [0.2, 0.25) is 0 Å². The fraction of sp³-hybridized carbons (Fsp3) is 0.316. The van der Waals surface area contributed by atoms with Crippen LogP contribution in [0.25, 0.3) is 10.9 Å². The number of carbonyl (C=O) groups is 1. The Hall–Kier alpha value is -3.38. The van der Waals surface area contributed by atoms with Gasteiger partial charge in [-0.15, -0.1) is 0 Å². The smallest absolute Gasteiger partial charge is 0.341 e. The van der Waals surface area contributed by atoms with E-state index in [2.05, 4.69) is 11.1 Å². The first kappa shape index (κ1) is 19.4. The lowest BCUT2D eigenvalue weighted by molar-refractivity contribution is 0.0695. The van der Waals surface area contributed by atoms with E-state index in [-0.39, 0.29) is 28.9 Å². The topological polar surface area (TPSA) is 132 Å². The zero-order valence-electron chi connectivity index (χ0n) is 15.2. The van der Waals surface area contributed by atoms with Gasteiger partial charge in [-0.1, -0.05) is 5.57 Å². The van der Waals surface area contributed by atoms with Crippen LogP contribution in [0.15, 0.2) is 28.2 Å². The molecular formula is C19H19FN4O4. The quantitative estimate of drug-likeness (QED) is 0.682. The number of H-pyrrole nitrogens is 1. The summed E-state index contributed by atoms with van der Waals surface area (Å²) in [6, 6.07) is 3.14. The number of aromatic amines is 1. The number of rotatable bonds is 4. The van der Waals surface area contributed by atoms with E-state index in [0.29, 0.717) is 31.5 Å². The van der Waals surface area contributed by atoms with Crippen molar-refractivity contribution in [3.8, 4) is 11.8 Å². The minimum Gasteiger partial charge on any atom is -0.492 e. The van der Waals surface area contributed by atoms with Crippen LogP contribution in [-0.4, -0.2) is 42.8 Å². The highest BCUT2D eigenvalue weighted by Crippen LogP contribution is 2.38. The molecule has 146 valence electrons. The lowest BCUT2D eigenvalue weighted by Gasteiger charge is -2.32. The Bertz CT molecular complexity index is 1070. The number of nitrogens with two attached hydrogens (primary N) is 1. The van der Waals surface area contributed by atoms with Gasteiger partial charge in [-0.3, -0.25) is 4.79 Å². The number of ether oxygens (including phenoxy) is 1. The van der Waals surface area contributed by atoms with Crippen LogP contribution < -0.4 is 20.8 Å². The largest absolute Gasteiger partial charge is 0.492 e. The number of halogens is 1. The van der Waals surface area contributed by atoms with Crippen molar-refractivity contribution in [1.82, 2.24) is 4.98 Å². The van der Waals surface area contributed by atoms with E-state index >= 15 is 0 Å². The molecule has 3 rings (SSSR count). The van der Waals surface area contributed by atoms with E-state index in [1.165, 1.54) is 7.11 Å². The number of carboxylic acids is 1. The maximum absolute atomic E-state index is 14.9. The molecule has 0 amide bonds. The number of nitriles is 1. The van der Waals surface area contributed by atoms with Gasteiger partial charge in [0.15, 0.2) is 11.6 Å². The van der Waals surface area contributed by atoms with Gasteiger partial charge in [0.05, 0.1) is 24.1 Å². The van der Waals surface area contributed by atoms with Crippen LogP contribution in [0.3, 0.4) is 0 Å². The van der Waals surface area contributed by atoms with Gasteiger partial charge in [-0.2, -0.15) is 5.26 Å². The molecule has 1 aliphatic rings. The summed E-state index contributed by atoms with van der Waals surface area (Å²) < 4.78 is 20.3. The average molecular weight is 386 g/mol. The van der Waals surface area contributed by atoms with Crippen LogP contribution in [0, 0.1) is 17.1 Å². The lowest BCUT2D eigenvalue weighted by atomic mass is 9.97. The third kappa shape index (κ3) is 3.18. The molecule has 4 N–H and O–H groups in total. The number of anilines is 1. The summed E-state index contributed by atoms with van der Waals surface area (Å²) in [6.07, 6.45) is 2.21. The number of hydrogen-bond acceptors (Lipinski definition) is 6. The molecule has 28 heavy (non-hydrogen) atoms. The van der Waals surface area contributed by atoms with Gasteiger partial charge < -0.3 is 25.5 Å². The Balaban J connectivity index is 2.08. The van der Waals surface area contributed by atoms with Crippen molar-refractivity contribution < 1.29 is 19.0 Å². The van der Waals surface area contributed by atoms with Gasteiger partial charge in [-0.25, -0.2) is 9.18 Å². The highest BCUT2D eigenvalue weighted by molar-refractivity contribution is 5.96. The molecule has 0 bridgehead atoms. The molecule has 2 heterocycles. The van der Waals surface area contributed by atoms with Gasteiger partial charge >= 0.3 is 5.97 Å². The van der Waals surface area contributed by atoms with Gasteiger partial charge in [0.25, 0.3) is 0 Å². The summed E-state index contributed by atoms with van der Waals surface area (Å²) >= 11 is 0. The van der Waals surface area contributed by atoms with E-state index in [1.54, 1.807) is 4.90 Å². The number of aromatic nitrogens is 1. The summed E-state index contributed by atoms with van der Waals surface area (Å²) in [5, 5.41) is 18.1. The van der Waals surface area contributed by atoms with Crippen LogP contribution >= 0.6 is 0 Å². The fourth-order valence-electron chi connectivity index (χ4n) is 3.52. The number of piperidine rings is 1. The third-order valence-corrected chi connectivity index (χ3v) is 4.94. The molecule has 1 fully saturated rings. The molecule has 0 saturated carbocycles. The van der Waals surface area contributed by atoms with Crippen molar-refractivity contribution in [1.29, 1.82) is 5.26 Å². The number of carboxylic acid groups (broad SMARTS) is 1. The first-order chi connectivity index (χ1) is 13.4. The Kier molecular flexibility index (Phi) is 5.33. The highest BCUT2D eigenvalue weighted by Gasteiger charge is 2.26. The number of aromatic carboxylic acids is 1. The summed E-state index contributed by atoms with van der Waals surface area (Å²) in [5.74, 6) is -1.94. The number of nitrogens with one attached hydrogen (secondary N) is 1. The lowest BCUT2D eigenvalue weighted by Crippen LogP contribution is -2.32. The Morgan fingerprint density at radius 2 is 2.14 bits per heavy atom. The summed E-state index contributed by atoms with van der Waals surface area (Å²) in [4.78, 5) is 28.1. The van der Waals surface area contributed by atoms with Crippen molar-refractivity contribution in [2.45, 2.75) is 12.8 Å². The van der Waals surface area contributed by atoms with Gasteiger partial charge in [0.1, 0.15) is 11.3 Å². The maximum Gasteiger partial charge on any atom is 0.341 e. The zero-order chi connectivity index (χ0) is 20.4. The molecule has 0 spiro atoms. The Labute approximate surface area is 159 Å². The normalized spacial score (nSPS) is 14.1. The van der Waals surface area contributed by atoms with Gasteiger partial charge in [0, 0.05) is 31.4 Å². The van der Waals surface area contributed by atoms with Crippen LogP contribution in [0.5, 0.6) is 5.75 Å². The molecule has 1 aromatic heterocycles. The molecule has 2 aromatic rings. The molecular weight excluding hydrogens is 367 g/mol. The SMILES string of the molecule is COc1c(N2CCC(=C(C#N)CN)CC2)c(F)cc2c(=O)c(C(=O)O)c[nH]c12. The minimum absolute atomic E-state index is 0.0921. The molecule has 1 saturated heterocycles. The van der Waals surface area contributed by atoms with Crippen molar-refractivity contribution >= 4 is 22.6 Å². The van der Waals surface area contributed by atoms with E-state index in [1.807, 2.05) is 0 Å². The fourth-order valence-corrected chi connectivity index (χ4v) is 3.52. The second-order valence-corrected chi connectivity index (χ2v) is 6.38. The first-order valence-electron chi connectivity index (χ1n) is 8.64. The molecule has 0 radical (unpaired) electrons. The number of nitrogens with zero attached hydrogens (tertiary/aromatic N) is 2. The maximum atomic E-state index is 14.9. The average Bonchev–Trinajstić information content (AvgIpc) is 2.69. The predicted molar refractivity (Wildman–Crippen MR) is 101 cm³/mol. The predicted octanol–water partition coefficient (Wildman–Crippen LogP) is 1.75. The monoisotopic (exact) mass is 386 g/mol. The Morgan fingerprint density at radius 1 is 1.46 bits per heavy atom. The van der Waals surface area contributed by atoms with Crippen molar-refractivity contribution in [2.75, 3.05) is 31.6 Å². The van der Waals surface area contributed by atoms with E-state index < -0.39 is 22.8 Å². The van der Waals surface area contributed by atoms with Crippen molar-refractivity contribution in [3.05, 3.63) is 45.0 Å². The number of fused-ring (bicyclic) bond motifs is 1. The minimum atomic E-state index is -1.39. The first-order valence-corrected chi connectivity index (χ1v) is 8.64. The van der Waals surface area contributed by atoms with Crippen molar-refractivity contribution in [3.63, 3.8) is 0 Å². The van der Waals surface area contributed by atoms with E-state index in [4.69, 9.17) is 20.8 Å². The Morgan fingerprint density at radius 3 is 2.68 bits per heavy atom. The number of pyridine rings is 1. The summed E-state index contributed by atoms with van der Waals surface area (Å²) in [5.41, 5.74) is 6.27. The zero-order valence-corrected chi connectivity index (χ0v) is 15.2. The highest BCUT2D eigenvalue weighted by atomic mass is 19.1. The second-order valence-electron chi connectivity index (χ2n) is 6.38. The molecule has 0 aliphatic carbocycles. The standard InChI is InChI=1S/C19H19FN4O4/c1-28-18-15-12(17(25)13(9-23-15)19(26)27)6-14(20)16(18)24-4-2-10(3-5-24)11(7-21)8-22/h6,9H,2-5,7,21H2,1H3,(H,23,25)(H,26,27). The molecule has 1 aromatic carbocycles. The molecule has 8 nitrogen and oxygen atoms in total. The molecule has 1 aliphatic heterocycles. The summed E-state index contributed by atoms with van der Waals surface area (Å²) in [6.45, 7) is 1.08. The van der Waals surface area contributed by atoms with E-state index in [9.17, 15) is 14.0 Å². The van der Waals surface area contributed by atoms with Crippen molar-refractivity contribution in [2.24, 2.45) is 5.73 Å². The van der Waals surface area contributed by atoms with Gasteiger partial charge in [-0.05, 0) is 18.9 Å². The molecule has 0 atom stereocenters. The number of hydrogen-bond donors (Lipinski definition) is 3. The van der Waals surface area contributed by atoms with E-state index in [0.717, 1.165) is 17.8 Å². The molecule has 0 unspecified atom stereocenters. The second kappa shape index (κ2) is 7.70. The van der Waals surface area contributed by atoms with Crippen LogP contribution in [0.1, 0.15) is 23.2 Å². The number of benzene rings is 1. The number of methoxy groups -OCH3 is 1. The van der Waals surface area contributed by atoms with Gasteiger partial charge in [0.2, 0.25) is 5.43 Å². The molecule has 9 heteroatoms. The third-order valence-electron chi connectivity index (χ3n) is 4.94. The summed E-state index contributed by atoms with van der Waals surface area (Å²) in [7, 11) is 1.36. The van der Waals surface area contributed by atoms with Crippen LogP contribution in [0.4, 0.5) is 10.1 Å². The van der Waals surface area contributed by atoms with Crippen LogP contribution in [-0.2, 0) is 0 Å².